The largest absolute Gasteiger partial charge is 0.338 e. The fourth-order valence-corrected chi connectivity index (χ4v) is 3.84. The van der Waals surface area contributed by atoms with E-state index >= 15 is 0 Å². The van der Waals surface area contributed by atoms with Gasteiger partial charge in [0.2, 0.25) is 0 Å². The number of nitrogens with two attached hydrogens (primary N) is 1. The molecule has 0 spiro atoms. The minimum absolute atomic E-state index is 0.0305. The molecule has 1 aromatic rings. The van der Waals surface area contributed by atoms with E-state index in [9.17, 15) is 9.59 Å². The second-order valence-corrected chi connectivity index (χ2v) is 7.17. The molecule has 1 saturated carbocycles. The van der Waals surface area contributed by atoms with Gasteiger partial charge in [-0.1, -0.05) is 12.1 Å². The lowest BCUT2D eigenvalue weighted by atomic mass is 9.98. The average Bonchev–Trinajstić information content (AvgIpc) is 3.09. The maximum Gasteiger partial charge on any atom is 0.319 e. The maximum absolute atomic E-state index is 12.9. The van der Waals surface area contributed by atoms with Crippen molar-refractivity contribution in [1.82, 2.24) is 10.2 Å². The van der Waals surface area contributed by atoms with E-state index in [1.807, 2.05) is 30.9 Å². The first-order valence-corrected chi connectivity index (χ1v) is 8.67. The van der Waals surface area contributed by atoms with Gasteiger partial charge in [0.05, 0.1) is 11.3 Å². The number of rotatable bonds is 3. The molecule has 4 N–H and O–H groups in total. The van der Waals surface area contributed by atoms with Gasteiger partial charge in [0.1, 0.15) is 0 Å². The fourth-order valence-electron chi connectivity index (χ4n) is 3.84. The zero-order valence-electron chi connectivity index (χ0n) is 14.3. The number of carbonyl (C=O) groups excluding carboxylic acids is 2. The summed E-state index contributed by atoms with van der Waals surface area (Å²) < 4.78 is 0. The van der Waals surface area contributed by atoms with Crippen molar-refractivity contribution in [3.05, 3.63) is 29.8 Å². The van der Waals surface area contributed by atoms with Crippen molar-refractivity contribution in [1.29, 1.82) is 0 Å². The number of hydrogen-bond acceptors (Lipinski definition) is 3. The minimum Gasteiger partial charge on any atom is -0.338 e. The fraction of sp³-hybridized carbons (Fsp3) is 0.556. The number of nitrogens with one attached hydrogen (secondary N) is 2. The first kappa shape index (κ1) is 16.8. The molecular formula is C18H26N4O2. The molecule has 2 fully saturated rings. The third-order valence-electron chi connectivity index (χ3n) is 5.02. The van der Waals surface area contributed by atoms with Crippen LogP contribution < -0.4 is 16.4 Å². The topological polar surface area (TPSA) is 87.5 Å². The van der Waals surface area contributed by atoms with Crippen LogP contribution in [0.15, 0.2) is 24.3 Å². The van der Waals surface area contributed by atoms with Crippen LogP contribution >= 0.6 is 0 Å². The van der Waals surface area contributed by atoms with Crippen LogP contribution in [0.4, 0.5) is 10.5 Å². The Morgan fingerprint density at radius 1 is 1.21 bits per heavy atom. The predicted octanol–water partition coefficient (Wildman–Crippen LogP) is 2.03. The molecule has 3 atom stereocenters. The minimum atomic E-state index is -0.300. The highest BCUT2D eigenvalue weighted by Gasteiger charge is 2.42. The molecule has 6 heteroatoms. The summed E-state index contributed by atoms with van der Waals surface area (Å²) in [5.41, 5.74) is 7.24. The Bertz CT molecular complexity index is 631. The zero-order chi connectivity index (χ0) is 17.3. The molecule has 3 rings (SSSR count). The summed E-state index contributed by atoms with van der Waals surface area (Å²) in [5.74, 6) is 0.906. The number of amides is 3. The third-order valence-corrected chi connectivity index (χ3v) is 5.02. The van der Waals surface area contributed by atoms with Gasteiger partial charge in [-0.2, -0.15) is 0 Å². The highest BCUT2D eigenvalue weighted by atomic mass is 16.2. The first-order chi connectivity index (χ1) is 11.5. The maximum atomic E-state index is 12.9. The number of nitrogens with zero attached hydrogens (tertiary/aromatic N) is 1. The van der Waals surface area contributed by atoms with Gasteiger partial charge in [-0.25, -0.2) is 4.79 Å². The first-order valence-electron chi connectivity index (χ1n) is 8.67. The Kier molecular flexibility index (Phi) is 4.76. The van der Waals surface area contributed by atoms with Crippen molar-refractivity contribution in [2.75, 3.05) is 18.4 Å². The average molecular weight is 330 g/mol. The second kappa shape index (κ2) is 6.81. The number of benzene rings is 1. The predicted molar refractivity (Wildman–Crippen MR) is 93.8 cm³/mol. The van der Waals surface area contributed by atoms with E-state index in [0.29, 0.717) is 23.1 Å². The molecule has 1 saturated heterocycles. The summed E-state index contributed by atoms with van der Waals surface area (Å²) in [6.45, 7) is 5.27. The van der Waals surface area contributed by atoms with Crippen LogP contribution in [0.1, 0.15) is 37.0 Å². The number of urea groups is 1. The number of fused-ring (bicyclic) bond motifs is 1. The number of carbonyl (C=O) groups is 2. The molecule has 3 amide bonds. The molecule has 3 unspecified atom stereocenters. The van der Waals surface area contributed by atoms with Gasteiger partial charge in [0.25, 0.3) is 5.91 Å². The molecule has 0 aromatic heterocycles. The molecule has 6 nitrogen and oxygen atoms in total. The number of para-hydroxylation sites is 1. The van der Waals surface area contributed by atoms with E-state index in [1.54, 1.807) is 12.1 Å². The summed E-state index contributed by atoms with van der Waals surface area (Å²) in [5, 5.41) is 5.56. The van der Waals surface area contributed by atoms with Gasteiger partial charge in [-0.15, -0.1) is 0 Å². The van der Waals surface area contributed by atoms with Gasteiger partial charge < -0.3 is 21.3 Å². The zero-order valence-corrected chi connectivity index (χ0v) is 14.3. The Hall–Kier alpha value is -2.08. The summed E-state index contributed by atoms with van der Waals surface area (Å²) in [4.78, 5) is 26.8. The quantitative estimate of drug-likeness (QED) is 0.792. The molecule has 0 bridgehead atoms. The van der Waals surface area contributed by atoms with Crippen molar-refractivity contribution < 1.29 is 9.59 Å². The van der Waals surface area contributed by atoms with Gasteiger partial charge in [-0.05, 0) is 50.7 Å². The summed E-state index contributed by atoms with van der Waals surface area (Å²) >= 11 is 0. The highest BCUT2D eigenvalue weighted by Crippen LogP contribution is 2.38. The normalized spacial score (nSPS) is 25.7. The van der Waals surface area contributed by atoms with E-state index in [1.165, 1.54) is 0 Å². The van der Waals surface area contributed by atoms with Gasteiger partial charge in [-0.3, -0.25) is 4.79 Å². The lowest BCUT2D eigenvalue weighted by Gasteiger charge is -2.21. The van der Waals surface area contributed by atoms with Crippen molar-refractivity contribution in [3.8, 4) is 0 Å². The Morgan fingerprint density at radius 3 is 2.67 bits per heavy atom. The lowest BCUT2D eigenvalue weighted by Crippen LogP contribution is -2.36. The van der Waals surface area contributed by atoms with Gasteiger partial charge in [0.15, 0.2) is 0 Å². The van der Waals surface area contributed by atoms with Crippen molar-refractivity contribution in [2.24, 2.45) is 17.6 Å². The summed E-state index contributed by atoms with van der Waals surface area (Å²) in [7, 11) is 0. The van der Waals surface area contributed by atoms with Gasteiger partial charge >= 0.3 is 6.03 Å². The van der Waals surface area contributed by atoms with Crippen LogP contribution in [-0.4, -0.2) is 42.0 Å². The van der Waals surface area contributed by atoms with Crippen LogP contribution in [0, 0.1) is 11.8 Å². The van der Waals surface area contributed by atoms with Crippen molar-refractivity contribution in [3.63, 3.8) is 0 Å². The third kappa shape index (κ3) is 3.38. The second-order valence-electron chi connectivity index (χ2n) is 7.17. The van der Waals surface area contributed by atoms with Crippen molar-refractivity contribution in [2.45, 2.75) is 38.8 Å². The lowest BCUT2D eigenvalue weighted by molar-refractivity contribution is 0.0780. The Labute approximate surface area is 142 Å². The van der Waals surface area contributed by atoms with E-state index in [-0.39, 0.29) is 24.0 Å². The molecule has 130 valence electrons. The van der Waals surface area contributed by atoms with Crippen LogP contribution in [0.3, 0.4) is 0 Å². The van der Waals surface area contributed by atoms with E-state index in [0.717, 1.165) is 25.9 Å². The molecular weight excluding hydrogens is 304 g/mol. The molecule has 2 aliphatic rings. The Balaban J connectivity index is 1.73. The number of anilines is 1. The van der Waals surface area contributed by atoms with Crippen LogP contribution in [0.5, 0.6) is 0 Å². The van der Waals surface area contributed by atoms with Crippen LogP contribution in [0.25, 0.3) is 0 Å². The van der Waals surface area contributed by atoms with E-state index in [4.69, 9.17) is 5.73 Å². The number of hydrogen-bond donors (Lipinski definition) is 3. The molecule has 0 radical (unpaired) electrons. The molecule has 1 heterocycles. The molecule has 24 heavy (non-hydrogen) atoms. The van der Waals surface area contributed by atoms with Crippen LogP contribution in [-0.2, 0) is 0 Å². The van der Waals surface area contributed by atoms with E-state index in [2.05, 4.69) is 10.6 Å². The highest BCUT2D eigenvalue weighted by molar-refractivity contribution is 6.03. The smallest absolute Gasteiger partial charge is 0.319 e. The molecule has 1 aromatic carbocycles. The summed E-state index contributed by atoms with van der Waals surface area (Å²) in [6, 6.07) is 7.10. The van der Waals surface area contributed by atoms with Crippen molar-refractivity contribution >= 4 is 17.6 Å². The monoisotopic (exact) mass is 330 g/mol. The molecule has 1 aliphatic carbocycles. The van der Waals surface area contributed by atoms with E-state index < -0.39 is 0 Å². The SMILES string of the molecule is CC(C)NC(=O)Nc1ccccc1C(=O)N1CC2CCC(N)C2C1. The number of likely N-dealkylation sites (tertiary alicyclic amines) is 1. The molecule has 1 aliphatic heterocycles. The summed E-state index contributed by atoms with van der Waals surface area (Å²) in [6.07, 6.45) is 2.16. The standard InChI is InChI=1S/C18H26N4O2/c1-11(2)20-18(24)21-16-6-4-3-5-13(16)17(23)22-9-12-7-8-15(19)14(12)10-22/h3-6,11-12,14-15H,7-10,19H2,1-2H3,(H2,20,21,24). The van der Waals surface area contributed by atoms with Crippen LogP contribution in [0.2, 0.25) is 0 Å². The van der Waals surface area contributed by atoms with Gasteiger partial charge in [0, 0.05) is 25.2 Å². The Morgan fingerprint density at radius 2 is 1.96 bits per heavy atom.